The van der Waals surface area contributed by atoms with Crippen molar-refractivity contribution < 1.29 is 9.18 Å². The molecule has 0 radical (unpaired) electrons. The zero-order valence-electron chi connectivity index (χ0n) is 11.8. The quantitative estimate of drug-likeness (QED) is 0.793. The van der Waals surface area contributed by atoms with Crippen molar-refractivity contribution in [2.45, 2.75) is 26.4 Å². The van der Waals surface area contributed by atoms with Gasteiger partial charge in [0.25, 0.3) is 0 Å². The molecule has 1 heterocycles. The van der Waals surface area contributed by atoms with Gasteiger partial charge in [0.05, 0.1) is 16.7 Å². The lowest BCUT2D eigenvalue weighted by Gasteiger charge is -2.22. The molecule has 0 spiro atoms. The van der Waals surface area contributed by atoms with Gasteiger partial charge in [-0.2, -0.15) is 0 Å². The molecule has 0 aliphatic carbocycles. The van der Waals surface area contributed by atoms with Crippen molar-refractivity contribution in [3.8, 4) is 0 Å². The topological polar surface area (TPSA) is 33.2 Å². The van der Waals surface area contributed by atoms with Gasteiger partial charge in [0.2, 0.25) is 0 Å². The van der Waals surface area contributed by atoms with Crippen LogP contribution < -0.4 is 0 Å². The van der Waals surface area contributed by atoms with E-state index >= 15 is 0 Å². The molecule has 1 atom stereocenters. The fraction of sp³-hybridized carbons (Fsp3) is 0.333. The first-order valence-electron chi connectivity index (χ1n) is 6.38. The first-order valence-corrected chi connectivity index (χ1v) is 7.26. The molecule has 3 nitrogen and oxygen atoms in total. The smallest absolute Gasteiger partial charge is 0.179 e. The van der Waals surface area contributed by atoms with Crippen molar-refractivity contribution >= 4 is 17.1 Å². The van der Waals surface area contributed by atoms with Crippen LogP contribution in [0.1, 0.15) is 28.0 Å². The highest BCUT2D eigenvalue weighted by Crippen LogP contribution is 2.14. The van der Waals surface area contributed by atoms with Crippen LogP contribution in [-0.2, 0) is 6.54 Å². The molecule has 106 valence electrons. The maximum Gasteiger partial charge on any atom is 0.179 e. The molecule has 0 fully saturated rings. The summed E-state index contributed by atoms with van der Waals surface area (Å²) in [5, 5.41) is 3.02. The molecule has 0 saturated carbocycles. The van der Waals surface area contributed by atoms with Crippen molar-refractivity contribution in [1.82, 2.24) is 9.88 Å². The molecular formula is C15H17FN2OS. The summed E-state index contributed by atoms with van der Waals surface area (Å²) in [5.74, 6) is -0.347. The lowest BCUT2D eigenvalue weighted by atomic mass is 10.0. The number of rotatable bonds is 5. The molecule has 1 aromatic carbocycles. The summed E-state index contributed by atoms with van der Waals surface area (Å²) < 4.78 is 12.9. The average molecular weight is 292 g/mol. The van der Waals surface area contributed by atoms with Crippen molar-refractivity contribution in [2.24, 2.45) is 0 Å². The molecule has 0 bridgehead atoms. The molecule has 1 aromatic heterocycles. The van der Waals surface area contributed by atoms with Crippen LogP contribution in [0.25, 0.3) is 0 Å². The standard InChI is InChI=1S/C15H17FN2OS/c1-10(15(19)12-4-6-13(16)7-5-12)18(3)8-14-9-20-11(2)17-14/h4-7,9-10H,8H2,1-3H3. The van der Waals surface area contributed by atoms with Crippen LogP contribution >= 0.6 is 11.3 Å². The number of Topliss-reactive ketones (excluding diaryl/α,β-unsaturated/α-hetero) is 1. The van der Waals surface area contributed by atoms with Crippen LogP contribution in [0.15, 0.2) is 29.6 Å². The molecule has 20 heavy (non-hydrogen) atoms. The van der Waals surface area contributed by atoms with Crippen molar-refractivity contribution in [2.75, 3.05) is 7.05 Å². The third-order valence-electron chi connectivity index (χ3n) is 3.25. The largest absolute Gasteiger partial charge is 0.292 e. The minimum Gasteiger partial charge on any atom is -0.292 e. The number of benzene rings is 1. The SMILES string of the molecule is Cc1nc(CN(C)C(C)C(=O)c2ccc(F)cc2)cs1. The van der Waals surface area contributed by atoms with Gasteiger partial charge >= 0.3 is 0 Å². The predicted octanol–water partition coefficient (Wildman–Crippen LogP) is 3.29. The van der Waals surface area contributed by atoms with Crippen LogP contribution in [0, 0.1) is 12.7 Å². The third kappa shape index (κ3) is 3.49. The molecular weight excluding hydrogens is 275 g/mol. The highest BCUT2D eigenvalue weighted by molar-refractivity contribution is 7.09. The molecule has 0 saturated heterocycles. The summed E-state index contributed by atoms with van der Waals surface area (Å²) in [6, 6.07) is 5.39. The summed E-state index contributed by atoms with van der Waals surface area (Å²) in [7, 11) is 1.89. The fourth-order valence-corrected chi connectivity index (χ4v) is 2.53. The molecule has 2 rings (SSSR count). The Morgan fingerprint density at radius 1 is 1.40 bits per heavy atom. The minimum atomic E-state index is -0.333. The summed E-state index contributed by atoms with van der Waals surface area (Å²) >= 11 is 1.60. The number of likely N-dealkylation sites (N-methyl/N-ethyl adjacent to an activating group) is 1. The predicted molar refractivity (Wildman–Crippen MR) is 78.5 cm³/mol. The molecule has 0 aliphatic rings. The summed E-state index contributed by atoms with van der Waals surface area (Å²) in [4.78, 5) is 18.6. The maximum absolute atomic E-state index is 12.9. The number of carbonyl (C=O) groups excluding carboxylic acids is 1. The Hall–Kier alpha value is -1.59. The van der Waals surface area contributed by atoms with Crippen LogP contribution in [0.4, 0.5) is 4.39 Å². The zero-order valence-corrected chi connectivity index (χ0v) is 12.6. The second kappa shape index (κ2) is 6.24. The highest BCUT2D eigenvalue weighted by Gasteiger charge is 2.20. The van der Waals surface area contributed by atoms with Gasteiger partial charge in [0.1, 0.15) is 5.82 Å². The van der Waals surface area contributed by atoms with Gasteiger partial charge in [0.15, 0.2) is 5.78 Å². The number of halogens is 1. The number of hydrogen-bond donors (Lipinski definition) is 0. The van der Waals surface area contributed by atoms with E-state index in [0.717, 1.165) is 10.7 Å². The van der Waals surface area contributed by atoms with E-state index in [1.165, 1.54) is 24.3 Å². The van der Waals surface area contributed by atoms with Crippen molar-refractivity contribution in [1.29, 1.82) is 0 Å². The molecule has 1 unspecified atom stereocenters. The number of thiazole rings is 1. The molecule has 2 aromatic rings. The zero-order chi connectivity index (χ0) is 14.7. The molecule has 0 N–H and O–H groups in total. The van der Waals surface area contributed by atoms with Crippen LogP contribution in [-0.4, -0.2) is 28.8 Å². The monoisotopic (exact) mass is 292 g/mol. The van der Waals surface area contributed by atoms with E-state index in [0.29, 0.717) is 12.1 Å². The second-order valence-corrected chi connectivity index (χ2v) is 5.88. The molecule has 0 aliphatic heterocycles. The van der Waals surface area contributed by atoms with E-state index in [-0.39, 0.29) is 17.6 Å². The number of carbonyl (C=O) groups is 1. The van der Waals surface area contributed by atoms with Crippen LogP contribution in [0.5, 0.6) is 0 Å². The minimum absolute atomic E-state index is 0.0144. The third-order valence-corrected chi connectivity index (χ3v) is 4.07. The van der Waals surface area contributed by atoms with Gasteiger partial charge in [-0.05, 0) is 45.2 Å². The van der Waals surface area contributed by atoms with Crippen LogP contribution in [0.3, 0.4) is 0 Å². The van der Waals surface area contributed by atoms with E-state index in [9.17, 15) is 9.18 Å². The van der Waals surface area contributed by atoms with Gasteiger partial charge in [-0.25, -0.2) is 9.37 Å². The average Bonchev–Trinajstić information content (AvgIpc) is 2.83. The maximum atomic E-state index is 12.9. The van der Waals surface area contributed by atoms with Gasteiger partial charge in [0, 0.05) is 17.5 Å². The highest BCUT2D eigenvalue weighted by atomic mass is 32.1. The number of aromatic nitrogens is 1. The number of ketones is 1. The lowest BCUT2D eigenvalue weighted by Crippen LogP contribution is -2.35. The van der Waals surface area contributed by atoms with E-state index in [1.54, 1.807) is 11.3 Å². The van der Waals surface area contributed by atoms with E-state index in [1.807, 2.05) is 31.2 Å². The van der Waals surface area contributed by atoms with Gasteiger partial charge in [-0.15, -0.1) is 11.3 Å². The lowest BCUT2D eigenvalue weighted by molar-refractivity contribution is 0.0861. The fourth-order valence-electron chi connectivity index (χ4n) is 1.93. The normalized spacial score (nSPS) is 12.7. The first-order chi connectivity index (χ1) is 9.47. The Morgan fingerprint density at radius 2 is 2.05 bits per heavy atom. The summed E-state index contributed by atoms with van der Waals surface area (Å²) in [5.41, 5.74) is 1.49. The number of hydrogen-bond acceptors (Lipinski definition) is 4. The van der Waals surface area contributed by atoms with E-state index < -0.39 is 0 Å². The van der Waals surface area contributed by atoms with Crippen LogP contribution in [0.2, 0.25) is 0 Å². The Kier molecular flexibility index (Phi) is 4.62. The first kappa shape index (κ1) is 14.8. The summed E-state index contributed by atoms with van der Waals surface area (Å²) in [6.45, 7) is 4.44. The van der Waals surface area contributed by atoms with Crippen molar-refractivity contribution in [3.63, 3.8) is 0 Å². The second-order valence-electron chi connectivity index (χ2n) is 4.82. The molecule has 5 heteroatoms. The van der Waals surface area contributed by atoms with Crippen molar-refractivity contribution in [3.05, 3.63) is 51.7 Å². The Morgan fingerprint density at radius 3 is 2.60 bits per heavy atom. The summed E-state index contributed by atoms with van der Waals surface area (Å²) in [6.07, 6.45) is 0. The van der Waals surface area contributed by atoms with E-state index in [2.05, 4.69) is 4.98 Å². The van der Waals surface area contributed by atoms with Gasteiger partial charge < -0.3 is 0 Å². The van der Waals surface area contributed by atoms with Gasteiger partial charge in [-0.3, -0.25) is 9.69 Å². The Balaban J connectivity index is 2.04. The molecule has 0 amide bonds. The Labute approximate surface area is 122 Å². The number of aryl methyl sites for hydroxylation is 1. The number of nitrogens with zero attached hydrogens (tertiary/aromatic N) is 2. The Bertz CT molecular complexity index is 594. The van der Waals surface area contributed by atoms with Gasteiger partial charge in [-0.1, -0.05) is 0 Å². The van der Waals surface area contributed by atoms with E-state index in [4.69, 9.17) is 0 Å².